The molecule has 1 amide bonds. The van der Waals surface area contributed by atoms with Gasteiger partial charge in [-0.25, -0.2) is 0 Å². The fraction of sp³-hybridized carbons (Fsp3) is 0.696. The van der Waals surface area contributed by atoms with E-state index >= 15 is 0 Å². The van der Waals surface area contributed by atoms with Crippen molar-refractivity contribution in [3.05, 3.63) is 39.9 Å². The molecule has 1 N–H and O–H groups in total. The number of nitrogens with one attached hydrogen (secondary N) is 1. The largest absolute Gasteiger partial charge is 0.375 e. The monoisotopic (exact) mass is 413 g/mol. The molecule has 4 saturated carbocycles. The zero-order valence-corrected chi connectivity index (χ0v) is 17.4. The SMILES string of the molecule is O=C(CC1CN(Cc2ccc([N+](=O)[O-])cc2)CCO1)NC1C2CC3CC(C2)CC1C3. The van der Waals surface area contributed by atoms with Crippen LogP contribution in [-0.4, -0.2) is 47.6 Å². The molecule has 1 atom stereocenters. The summed E-state index contributed by atoms with van der Waals surface area (Å²) < 4.78 is 5.88. The maximum Gasteiger partial charge on any atom is 0.269 e. The number of hydrogen-bond acceptors (Lipinski definition) is 5. The lowest BCUT2D eigenvalue weighted by Crippen LogP contribution is -2.56. The van der Waals surface area contributed by atoms with Crippen molar-refractivity contribution in [2.24, 2.45) is 23.7 Å². The quantitative estimate of drug-likeness (QED) is 0.572. The first kappa shape index (κ1) is 19.9. The molecule has 1 unspecified atom stereocenters. The van der Waals surface area contributed by atoms with E-state index in [1.807, 2.05) is 12.1 Å². The van der Waals surface area contributed by atoms with Gasteiger partial charge in [0, 0.05) is 37.8 Å². The molecule has 5 aliphatic rings. The molecule has 7 heteroatoms. The minimum absolute atomic E-state index is 0.0892. The third-order valence-electron chi connectivity index (χ3n) is 7.74. The Morgan fingerprint density at radius 3 is 2.40 bits per heavy atom. The number of nitro benzene ring substituents is 1. The number of nitrogens with zero attached hydrogens (tertiary/aromatic N) is 2. The molecule has 4 aliphatic carbocycles. The number of morpholine rings is 1. The van der Waals surface area contributed by atoms with E-state index in [4.69, 9.17) is 4.74 Å². The van der Waals surface area contributed by atoms with Crippen LogP contribution in [0.15, 0.2) is 24.3 Å². The highest BCUT2D eigenvalue weighted by molar-refractivity contribution is 5.77. The Kier molecular flexibility index (Phi) is 5.50. The van der Waals surface area contributed by atoms with E-state index in [9.17, 15) is 14.9 Å². The van der Waals surface area contributed by atoms with Crippen molar-refractivity contribution < 1.29 is 14.5 Å². The van der Waals surface area contributed by atoms with E-state index in [2.05, 4.69) is 10.2 Å². The summed E-state index contributed by atoms with van der Waals surface area (Å²) in [7, 11) is 0. The molecule has 1 heterocycles. The van der Waals surface area contributed by atoms with Crippen LogP contribution in [0.25, 0.3) is 0 Å². The van der Waals surface area contributed by atoms with Crippen LogP contribution in [0.1, 0.15) is 44.1 Å². The highest BCUT2D eigenvalue weighted by atomic mass is 16.6. The predicted molar refractivity (Wildman–Crippen MR) is 112 cm³/mol. The van der Waals surface area contributed by atoms with Crippen LogP contribution in [-0.2, 0) is 16.1 Å². The Morgan fingerprint density at radius 1 is 1.10 bits per heavy atom. The molecule has 7 nitrogen and oxygen atoms in total. The van der Waals surface area contributed by atoms with Crippen LogP contribution in [0.5, 0.6) is 0 Å². The van der Waals surface area contributed by atoms with Gasteiger partial charge in [-0.15, -0.1) is 0 Å². The van der Waals surface area contributed by atoms with E-state index in [1.54, 1.807) is 12.1 Å². The standard InChI is InChI=1S/C23H31N3O4/c27-22(24-23-18-8-16-7-17(10-18)11-19(23)9-16)12-21-14-25(5-6-30-21)13-15-1-3-20(4-2-15)26(28)29/h1-4,16-19,21,23H,5-14H2,(H,24,27). The molecule has 0 aromatic heterocycles. The van der Waals surface area contributed by atoms with Crippen LogP contribution in [0, 0.1) is 33.8 Å². The summed E-state index contributed by atoms with van der Waals surface area (Å²) in [6, 6.07) is 7.09. The zero-order valence-electron chi connectivity index (χ0n) is 17.4. The van der Waals surface area contributed by atoms with E-state index < -0.39 is 0 Å². The fourth-order valence-corrected chi connectivity index (χ4v) is 6.64. The van der Waals surface area contributed by atoms with Crippen molar-refractivity contribution in [1.29, 1.82) is 0 Å². The number of hydrogen-bond donors (Lipinski definition) is 1. The average Bonchev–Trinajstić information content (AvgIpc) is 2.71. The third kappa shape index (κ3) is 4.23. The molecule has 1 aromatic rings. The lowest BCUT2D eigenvalue weighted by Gasteiger charge is -2.54. The highest BCUT2D eigenvalue weighted by Crippen LogP contribution is 2.53. The first-order chi connectivity index (χ1) is 14.5. The van der Waals surface area contributed by atoms with Gasteiger partial charge in [0.2, 0.25) is 5.91 Å². The number of amides is 1. The molecule has 5 fully saturated rings. The van der Waals surface area contributed by atoms with Gasteiger partial charge in [0.1, 0.15) is 0 Å². The van der Waals surface area contributed by atoms with Crippen LogP contribution in [0.2, 0.25) is 0 Å². The van der Waals surface area contributed by atoms with E-state index in [-0.39, 0.29) is 22.6 Å². The fourth-order valence-electron chi connectivity index (χ4n) is 6.64. The minimum Gasteiger partial charge on any atom is -0.375 e. The Hall–Kier alpha value is -1.99. The Balaban J connectivity index is 1.12. The van der Waals surface area contributed by atoms with Crippen LogP contribution >= 0.6 is 0 Å². The summed E-state index contributed by atoms with van der Waals surface area (Å²) in [6.07, 6.45) is 6.98. The van der Waals surface area contributed by atoms with Gasteiger partial charge in [0.05, 0.1) is 24.1 Å². The summed E-state index contributed by atoms with van der Waals surface area (Å²) in [4.78, 5) is 25.5. The van der Waals surface area contributed by atoms with Gasteiger partial charge in [-0.1, -0.05) is 12.1 Å². The maximum absolute atomic E-state index is 12.8. The second-order valence-electron chi connectivity index (χ2n) is 9.88. The van der Waals surface area contributed by atoms with Crippen LogP contribution < -0.4 is 5.32 Å². The Morgan fingerprint density at radius 2 is 1.77 bits per heavy atom. The number of non-ortho nitro benzene ring substituents is 1. The highest BCUT2D eigenvalue weighted by Gasteiger charge is 2.48. The lowest BCUT2D eigenvalue weighted by molar-refractivity contribution is -0.384. The normalized spacial score (nSPS) is 35.3. The molecule has 30 heavy (non-hydrogen) atoms. The number of nitro groups is 1. The molecular weight excluding hydrogens is 382 g/mol. The number of carbonyl (C=O) groups excluding carboxylic acids is 1. The smallest absolute Gasteiger partial charge is 0.269 e. The molecule has 1 aliphatic heterocycles. The third-order valence-corrected chi connectivity index (χ3v) is 7.74. The van der Waals surface area contributed by atoms with Gasteiger partial charge in [0.15, 0.2) is 0 Å². The second kappa shape index (κ2) is 8.27. The molecular formula is C23H31N3O4. The molecule has 0 radical (unpaired) electrons. The van der Waals surface area contributed by atoms with Gasteiger partial charge < -0.3 is 10.1 Å². The predicted octanol–water partition coefficient (Wildman–Crippen LogP) is 3.13. The van der Waals surface area contributed by atoms with Crippen molar-refractivity contribution in [2.45, 2.75) is 57.2 Å². The maximum atomic E-state index is 12.8. The van der Waals surface area contributed by atoms with Crippen molar-refractivity contribution >= 4 is 11.6 Å². The lowest BCUT2D eigenvalue weighted by atomic mass is 9.54. The molecule has 4 bridgehead atoms. The first-order valence-corrected chi connectivity index (χ1v) is 11.4. The minimum atomic E-state index is -0.378. The average molecular weight is 414 g/mol. The molecule has 162 valence electrons. The van der Waals surface area contributed by atoms with Gasteiger partial charge in [0.25, 0.3) is 5.69 Å². The van der Waals surface area contributed by atoms with Crippen molar-refractivity contribution in [2.75, 3.05) is 19.7 Å². The van der Waals surface area contributed by atoms with Crippen LogP contribution in [0.4, 0.5) is 5.69 Å². The summed E-state index contributed by atoms with van der Waals surface area (Å²) in [5.74, 6) is 3.34. The number of ether oxygens (including phenoxy) is 1. The summed E-state index contributed by atoms with van der Waals surface area (Å²) >= 11 is 0. The van der Waals surface area contributed by atoms with E-state index in [1.165, 1.54) is 32.1 Å². The van der Waals surface area contributed by atoms with Gasteiger partial charge >= 0.3 is 0 Å². The molecule has 0 spiro atoms. The van der Waals surface area contributed by atoms with Crippen molar-refractivity contribution in [1.82, 2.24) is 10.2 Å². The molecule has 1 aromatic carbocycles. The Bertz CT molecular complexity index is 768. The van der Waals surface area contributed by atoms with Gasteiger partial charge in [-0.05, 0) is 61.3 Å². The van der Waals surface area contributed by atoms with E-state index in [0.717, 1.165) is 30.5 Å². The molecule has 1 saturated heterocycles. The summed E-state index contributed by atoms with van der Waals surface area (Å²) in [5.41, 5.74) is 1.15. The number of rotatable bonds is 6. The van der Waals surface area contributed by atoms with Gasteiger partial charge in [-0.2, -0.15) is 0 Å². The van der Waals surface area contributed by atoms with Crippen molar-refractivity contribution in [3.8, 4) is 0 Å². The summed E-state index contributed by atoms with van der Waals surface area (Å²) in [5, 5.41) is 14.2. The van der Waals surface area contributed by atoms with E-state index in [0.29, 0.717) is 37.5 Å². The Labute approximate surface area is 177 Å². The first-order valence-electron chi connectivity index (χ1n) is 11.4. The second-order valence-corrected chi connectivity index (χ2v) is 9.88. The topological polar surface area (TPSA) is 84.7 Å². The number of carbonyl (C=O) groups is 1. The van der Waals surface area contributed by atoms with Crippen LogP contribution in [0.3, 0.4) is 0 Å². The van der Waals surface area contributed by atoms with Crippen molar-refractivity contribution in [3.63, 3.8) is 0 Å². The van der Waals surface area contributed by atoms with Gasteiger partial charge in [-0.3, -0.25) is 19.8 Å². The molecule has 6 rings (SSSR count). The summed E-state index contributed by atoms with van der Waals surface area (Å²) in [6.45, 7) is 2.86. The number of benzene rings is 1. The zero-order chi connectivity index (χ0) is 20.7.